The molecule has 158 valence electrons. The van der Waals surface area contributed by atoms with E-state index in [0.717, 1.165) is 11.1 Å². The molecule has 0 bridgehead atoms. The van der Waals surface area contributed by atoms with Crippen LogP contribution in [0.4, 0.5) is 0 Å². The van der Waals surface area contributed by atoms with Crippen LogP contribution in [0.15, 0.2) is 64.0 Å². The molecule has 0 radical (unpaired) electrons. The summed E-state index contributed by atoms with van der Waals surface area (Å²) in [6.07, 6.45) is 1.31. The molecule has 0 aliphatic heterocycles. The SMILES string of the molecule is Cc1ccc(C)c(Oc2coc3cc(OCc4c(Cl)ccc(Cl)c4Cl)ccc3c2=O)c1. The van der Waals surface area contributed by atoms with Gasteiger partial charge in [0.15, 0.2) is 0 Å². The molecule has 0 N–H and O–H groups in total. The Labute approximate surface area is 193 Å². The molecular formula is C24H17Cl3O4. The van der Waals surface area contributed by atoms with Gasteiger partial charge in [0.2, 0.25) is 11.2 Å². The minimum Gasteiger partial charge on any atom is -0.489 e. The topological polar surface area (TPSA) is 48.7 Å². The number of fused-ring (bicyclic) bond motifs is 1. The Balaban J connectivity index is 1.60. The zero-order valence-electron chi connectivity index (χ0n) is 16.7. The first-order chi connectivity index (χ1) is 14.8. The number of hydrogen-bond donors (Lipinski definition) is 0. The second-order valence-corrected chi connectivity index (χ2v) is 8.26. The third-order valence-electron chi connectivity index (χ3n) is 4.80. The van der Waals surface area contributed by atoms with Crippen molar-refractivity contribution in [1.82, 2.24) is 0 Å². The van der Waals surface area contributed by atoms with E-state index in [4.69, 9.17) is 48.7 Å². The number of aryl methyl sites for hydroxylation is 2. The maximum Gasteiger partial charge on any atom is 0.235 e. The lowest BCUT2D eigenvalue weighted by molar-refractivity contribution is 0.306. The van der Waals surface area contributed by atoms with Gasteiger partial charge in [-0.3, -0.25) is 4.79 Å². The van der Waals surface area contributed by atoms with Gasteiger partial charge < -0.3 is 13.9 Å². The molecule has 0 aliphatic carbocycles. The van der Waals surface area contributed by atoms with E-state index in [2.05, 4.69) is 0 Å². The van der Waals surface area contributed by atoms with Crippen molar-refractivity contribution in [1.29, 1.82) is 0 Å². The summed E-state index contributed by atoms with van der Waals surface area (Å²) >= 11 is 18.5. The smallest absolute Gasteiger partial charge is 0.235 e. The molecule has 7 heteroatoms. The number of hydrogen-bond acceptors (Lipinski definition) is 4. The van der Waals surface area contributed by atoms with Crippen LogP contribution < -0.4 is 14.9 Å². The van der Waals surface area contributed by atoms with Crippen LogP contribution in [0.1, 0.15) is 16.7 Å². The van der Waals surface area contributed by atoms with Crippen molar-refractivity contribution < 1.29 is 13.9 Å². The molecule has 3 aromatic carbocycles. The van der Waals surface area contributed by atoms with Crippen LogP contribution in [0.5, 0.6) is 17.2 Å². The predicted molar refractivity (Wildman–Crippen MR) is 124 cm³/mol. The van der Waals surface area contributed by atoms with Crippen molar-refractivity contribution in [3.8, 4) is 17.2 Å². The molecule has 4 nitrogen and oxygen atoms in total. The maximum absolute atomic E-state index is 12.9. The third-order valence-corrected chi connectivity index (χ3v) is 6.00. The summed E-state index contributed by atoms with van der Waals surface area (Å²) in [4.78, 5) is 12.9. The molecule has 4 aromatic rings. The number of benzene rings is 3. The first-order valence-corrected chi connectivity index (χ1v) is 10.5. The zero-order valence-corrected chi connectivity index (χ0v) is 18.9. The predicted octanol–water partition coefficient (Wildman–Crippen LogP) is 7.74. The van der Waals surface area contributed by atoms with Gasteiger partial charge in [-0.25, -0.2) is 0 Å². The molecule has 0 fully saturated rings. The van der Waals surface area contributed by atoms with E-state index < -0.39 is 0 Å². The normalized spacial score (nSPS) is 11.0. The molecule has 1 heterocycles. The Morgan fingerprint density at radius 3 is 2.48 bits per heavy atom. The van der Waals surface area contributed by atoms with Gasteiger partial charge in [0.25, 0.3) is 0 Å². The number of ether oxygens (including phenoxy) is 2. The summed E-state index contributed by atoms with van der Waals surface area (Å²) in [7, 11) is 0. The van der Waals surface area contributed by atoms with E-state index in [1.54, 1.807) is 30.3 Å². The fraction of sp³-hybridized carbons (Fsp3) is 0.125. The van der Waals surface area contributed by atoms with Crippen molar-refractivity contribution in [3.05, 3.63) is 96.8 Å². The molecule has 0 saturated carbocycles. The molecule has 0 saturated heterocycles. The lowest BCUT2D eigenvalue weighted by Gasteiger charge is -2.11. The minimum atomic E-state index is -0.269. The first-order valence-electron chi connectivity index (χ1n) is 9.39. The van der Waals surface area contributed by atoms with Crippen molar-refractivity contribution in [2.45, 2.75) is 20.5 Å². The number of rotatable bonds is 5. The van der Waals surface area contributed by atoms with E-state index in [9.17, 15) is 4.79 Å². The quantitative estimate of drug-likeness (QED) is 0.277. The van der Waals surface area contributed by atoms with Gasteiger partial charge in [-0.05, 0) is 55.3 Å². The highest BCUT2D eigenvalue weighted by atomic mass is 35.5. The van der Waals surface area contributed by atoms with Gasteiger partial charge in [0, 0.05) is 16.7 Å². The molecule has 0 spiro atoms. The van der Waals surface area contributed by atoms with Crippen LogP contribution in [-0.4, -0.2) is 0 Å². The summed E-state index contributed by atoms with van der Waals surface area (Å²) in [5.74, 6) is 1.22. The van der Waals surface area contributed by atoms with Gasteiger partial charge >= 0.3 is 0 Å². The van der Waals surface area contributed by atoms with E-state index in [0.29, 0.717) is 43.1 Å². The van der Waals surface area contributed by atoms with E-state index in [1.807, 2.05) is 32.0 Å². The maximum atomic E-state index is 12.9. The van der Waals surface area contributed by atoms with E-state index in [-0.39, 0.29) is 17.8 Å². The molecule has 0 unspecified atom stereocenters. The van der Waals surface area contributed by atoms with Crippen molar-refractivity contribution in [3.63, 3.8) is 0 Å². The fourth-order valence-electron chi connectivity index (χ4n) is 3.04. The van der Waals surface area contributed by atoms with Crippen LogP contribution >= 0.6 is 34.8 Å². The Hall–Kier alpha value is -2.66. The van der Waals surface area contributed by atoms with Gasteiger partial charge in [0.1, 0.15) is 30.0 Å². The third kappa shape index (κ3) is 4.52. The molecule has 0 atom stereocenters. The van der Waals surface area contributed by atoms with Crippen LogP contribution in [0.3, 0.4) is 0 Å². The molecule has 1 aromatic heterocycles. The van der Waals surface area contributed by atoms with Crippen molar-refractivity contribution in [2.24, 2.45) is 0 Å². The van der Waals surface area contributed by atoms with Crippen LogP contribution in [0.2, 0.25) is 15.1 Å². The highest BCUT2D eigenvalue weighted by Gasteiger charge is 2.13. The van der Waals surface area contributed by atoms with Gasteiger partial charge in [-0.2, -0.15) is 0 Å². The lowest BCUT2D eigenvalue weighted by Crippen LogP contribution is -2.06. The van der Waals surface area contributed by atoms with Gasteiger partial charge in [-0.1, -0.05) is 46.9 Å². The molecule has 4 rings (SSSR count). The second-order valence-electron chi connectivity index (χ2n) is 7.07. The first kappa shape index (κ1) is 21.6. The molecule has 31 heavy (non-hydrogen) atoms. The Kier molecular flexibility index (Phi) is 6.15. The Bertz CT molecular complexity index is 1340. The van der Waals surface area contributed by atoms with Crippen molar-refractivity contribution in [2.75, 3.05) is 0 Å². The summed E-state index contributed by atoms with van der Waals surface area (Å²) in [5, 5.41) is 1.57. The summed E-state index contributed by atoms with van der Waals surface area (Å²) < 4.78 is 17.3. The monoisotopic (exact) mass is 474 g/mol. The van der Waals surface area contributed by atoms with Crippen LogP contribution in [-0.2, 0) is 6.61 Å². The summed E-state index contributed by atoms with van der Waals surface area (Å²) in [6, 6.07) is 14.0. The largest absolute Gasteiger partial charge is 0.489 e. The van der Waals surface area contributed by atoms with Gasteiger partial charge in [-0.15, -0.1) is 0 Å². The molecule has 0 aliphatic rings. The van der Waals surface area contributed by atoms with E-state index in [1.165, 1.54) is 6.26 Å². The Morgan fingerprint density at radius 2 is 1.68 bits per heavy atom. The number of halogens is 3. The fourth-order valence-corrected chi connectivity index (χ4v) is 3.70. The van der Waals surface area contributed by atoms with Crippen LogP contribution in [0.25, 0.3) is 11.0 Å². The summed E-state index contributed by atoms with van der Waals surface area (Å²) in [5.41, 5.74) is 2.64. The van der Waals surface area contributed by atoms with Crippen LogP contribution in [0, 0.1) is 13.8 Å². The van der Waals surface area contributed by atoms with Gasteiger partial charge in [0.05, 0.1) is 15.4 Å². The lowest BCUT2D eigenvalue weighted by atomic mass is 10.1. The van der Waals surface area contributed by atoms with Crippen molar-refractivity contribution >= 4 is 45.8 Å². The summed E-state index contributed by atoms with van der Waals surface area (Å²) in [6.45, 7) is 3.99. The minimum absolute atomic E-state index is 0.113. The second kappa shape index (κ2) is 8.83. The zero-order chi connectivity index (χ0) is 22.1. The standard InChI is InChI=1S/C24H17Cl3O4/c1-13-3-4-14(2)20(9-13)31-22-12-30-21-10-15(5-6-16(21)24(22)28)29-11-17-18(25)7-8-19(26)23(17)27/h3-10,12H,11H2,1-2H3. The average Bonchev–Trinajstić information content (AvgIpc) is 2.75. The average molecular weight is 476 g/mol. The molecular weight excluding hydrogens is 459 g/mol. The van der Waals surface area contributed by atoms with E-state index >= 15 is 0 Å². The highest BCUT2D eigenvalue weighted by molar-refractivity contribution is 6.44. The highest BCUT2D eigenvalue weighted by Crippen LogP contribution is 2.33. The Morgan fingerprint density at radius 1 is 0.903 bits per heavy atom. The molecule has 0 amide bonds.